The first kappa shape index (κ1) is 18.1. The van der Waals surface area contributed by atoms with Gasteiger partial charge in [-0.1, -0.05) is 36.2 Å². The molecule has 0 aliphatic carbocycles. The van der Waals surface area contributed by atoms with Crippen LogP contribution in [0.5, 0.6) is 11.5 Å². The number of anilines is 1. The largest absolute Gasteiger partial charge is 0.490 e. The Labute approximate surface area is 148 Å². The molecule has 0 atom stereocenters. The fourth-order valence-corrected chi connectivity index (χ4v) is 2.35. The van der Waals surface area contributed by atoms with Crippen LogP contribution in [0.2, 0.25) is 5.02 Å². The van der Waals surface area contributed by atoms with E-state index in [1.807, 2.05) is 57.2 Å². The Kier molecular flexibility index (Phi) is 6.94. The molecule has 2 rings (SSSR count). The molecule has 0 radical (unpaired) electrons. The predicted molar refractivity (Wildman–Crippen MR) is 101 cm³/mol. The summed E-state index contributed by atoms with van der Waals surface area (Å²) in [6.45, 7) is 7.17. The van der Waals surface area contributed by atoms with Crippen LogP contribution in [-0.4, -0.2) is 19.4 Å². The molecule has 0 amide bonds. The summed E-state index contributed by atoms with van der Waals surface area (Å²) in [7, 11) is 0. The van der Waals surface area contributed by atoms with Crippen LogP contribution in [0.15, 0.2) is 41.5 Å². The number of hydrogen-bond donors (Lipinski definition) is 1. The van der Waals surface area contributed by atoms with E-state index in [2.05, 4.69) is 10.5 Å². The smallest absolute Gasteiger partial charge is 0.179 e. The monoisotopic (exact) mass is 346 g/mol. The second kappa shape index (κ2) is 9.18. The van der Waals surface area contributed by atoms with Gasteiger partial charge < -0.3 is 9.47 Å². The highest BCUT2D eigenvalue weighted by molar-refractivity contribution is 6.32. The SMILES string of the molecule is CCCOc1c(Cl)cc(/C=N/Nc2ccc(C)cc2)cc1OCC. The highest BCUT2D eigenvalue weighted by atomic mass is 35.5. The number of nitrogens with one attached hydrogen (secondary N) is 1. The number of nitrogens with zero attached hydrogens (tertiary/aromatic N) is 1. The van der Waals surface area contributed by atoms with Crippen LogP contribution in [0.1, 0.15) is 31.4 Å². The normalized spacial score (nSPS) is 10.8. The van der Waals surface area contributed by atoms with Crippen molar-refractivity contribution in [2.45, 2.75) is 27.2 Å². The van der Waals surface area contributed by atoms with E-state index in [1.165, 1.54) is 5.56 Å². The standard InChI is InChI=1S/C19H23ClN2O2/c1-4-10-24-19-17(20)11-15(12-18(19)23-5-2)13-21-22-16-8-6-14(3)7-9-16/h6-9,11-13,22H,4-5,10H2,1-3H3/b21-13+. The maximum Gasteiger partial charge on any atom is 0.179 e. The molecule has 2 aromatic rings. The fraction of sp³-hybridized carbons (Fsp3) is 0.316. The van der Waals surface area contributed by atoms with Crippen molar-refractivity contribution in [3.8, 4) is 11.5 Å². The molecule has 24 heavy (non-hydrogen) atoms. The van der Waals surface area contributed by atoms with Gasteiger partial charge in [0.25, 0.3) is 0 Å². The fourth-order valence-electron chi connectivity index (χ4n) is 2.08. The van der Waals surface area contributed by atoms with E-state index in [-0.39, 0.29) is 0 Å². The number of benzene rings is 2. The van der Waals surface area contributed by atoms with E-state index in [1.54, 1.807) is 6.21 Å². The lowest BCUT2D eigenvalue weighted by molar-refractivity contribution is 0.277. The van der Waals surface area contributed by atoms with Gasteiger partial charge in [-0.05, 0) is 50.1 Å². The van der Waals surface area contributed by atoms with Crippen LogP contribution in [0.25, 0.3) is 0 Å². The summed E-state index contributed by atoms with van der Waals surface area (Å²) in [5, 5.41) is 4.77. The van der Waals surface area contributed by atoms with Gasteiger partial charge in [0.2, 0.25) is 0 Å². The third-order valence-corrected chi connectivity index (χ3v) is 3.52. The summed E-state index contributed by atoms with van der Waals surface area (Å²) < 4.78 is 11.3. The Morgan fingerprint density at radius 1 is 1.12 bits per heavy atom. The van der Waals surface area contributed by atoms with Crippen molar-refractivity contribution in [1.82, 2.24) is 0 Å². The second-order valence-corrected chi connectivity index (χ2v) is 5.75. The van der Waals surface area contributed by atoms with E-state index in [4.69, 9.17) is 21.1 Å². The zero-order chi connectivity index (χ0) is 17.4. The maximum absolute atomic E-state index is 6.33. The number of hydrazone groups is 1. The van der Waals surface area contributed by atoms with Crippen molar-refractivity contribution in [2.75, 3.05) is 18.6 Å². The number of rotatable bonds is 8. The van der Waals surface area contributed by atoms with Gasteiger partial charge in [0.05, 0.1) is 30.1 Å². The lowest BCUT2D eigenvalue weighted by Crippen LogP contribution is -2.02. The quantitative estimate of drug-likeness (QED) is 0.522. The van der Waals surface area contributed by atoms with E-state index in [0.717, 1.165) is 17.7 Å². The molecule has 1 N–H and O–H groups in total. The molecule has 2 aromatic carbocycles. The second-order valence-electron chi connectivity index (χ2n) is 5.35. The van der Waals surface area contributed by atoms with Gasteiger partial charge in [0.1, 0.15) is 0 Å². The molecule has 0 aromatic heterocycles. The average Bonchev–Trinajstić information content (AvgIpc) is 2.56. The molecule has 5 heteroatoms. The van der Waals surface area contributed by atoms with E-state index in [9.17, 15) is 0 Å². The minimum absolute atomic E-state index is 0.520. The molecule has 0 saturated carbocycles. The third-order valence-electron chi connectivity index (χ3n) is 3.24. The molecule has 0 heterocycles. The lowest BCUT2D eigenvalue weighted by Gasteiger charge is -2.13. The minimum Gasteiger partial charge on any atom is -0.490 e. The average molecular weight is 347 g/mol. The molecule has 0 spiro atoms. The van der Waals surface area contributed by atoms with Crippen molar-refractivity contribution in [3.63, 3.8) is 0 Å². The highest BCUT2D eigenvalue weighted by Crippen LogP contribution is 2.36. The van der Waals surface area contributed by atoms with Crippen LogP contribution < -0.4 is 14.9 Å². The zero-order valence-corrected chi connectivity index (χ0v) is 15.1. The molecule has 0 bridgehead atoms. The Balaban J connectivity index is 2.14. The summed E-state index contributed by atoms with van der Waals surface area (Å²) in [4.78, 5) is 0. The van der Waals surface area contributed by atoms with E-state index >= 15 is 0 Å². The lowest BCUT2D eigenvalue weighted by atomic mass is 10.2. The van der Waals surface area contributed by atoms with Gasteiger partial charge in [-0.15, -0.1) is 0 Å². The third kappa shape index (κ3) is 5.17. The van der Waals surface area contributed by atoms with Crippen LogP contribution >= 0.6 is 11.6 Å². The summed E-state index contributed by atoms with van der Waals surface area (Å²) in [6.07, 6.45) is 2.61. The highest BCUT2D eigenvalue weighted by Gasteiger charge is 2.11. The van der Waals surface area contributed by atoms with Crippen molar-refractivity contribution >= 4 is 23.5 Å². The van der Waals surface area contributed by atoms with Gasteiger partial charge in [-0.2, -0.15) is 5.10 Å². The van der Waals surface area contributed by atoms with E-state index < -0.39 is 0 Å². The molecule has 0 saturated heterocycles. The van der Waals surface area contributed by atoms with Crippen molar-refractivity contribution in [2.24, 2.45) is 5.10 Å². The zero-order valence-electron chi connectivity index (χ0n) is 14.3. The maximum atomic E-state index is 6.33. The van der Waals surface area contributed by atoms with Crippen molar-refractivity contribution in [3.05, 3.63) is 52.5 Å². The van der Waals surface area contributed by atoms with Crippen LogP contribution in [0.4, 0.5) is 5.69 Å². The van der Waals surface area contributed by atoms with Gasteiger partial charge in [0.15, 0.2) is 11.5 Å². The molecule has 0 unspecified atom stereocenters. The predicted octanol–water partition coefficient (Wildman–Crippen LogP) is 5.28. The Bertz CT molecular complexity index is 685. The molecular formula is C19H23ClN2O2. The molecule has 4 nitrogen and oxygen atoms in total. The molecule has 128 valence electrons. The van der Waals surface area contributed by atoms with Crippen LogP contribution in [-0.2, 0) is 0 Å². The van der Waals surface area contributed by atoms with Gasteiger partial charge in [0, 0.05) is 0 Å². The summed E-state index contributed by atoms with van der Waals surface area (Å²) in [6, 6.07) is 11.7. The first-order valence-corrected chi connectivity index (χ1v) is 8.46. The molecule has 0 aliphatic rings. The molecular weight excluding hydrogens is 324 g/mol. The Morgan fingerprint density at radius 2 is 1.88 bits per heavy atom. The van der Waals surface area contributed by atoms with Crippen LogP contribution in [0.3, 0.4) is 0 Å². The Morgan fingerprint density at radius 3 is 2.54 bits per heavy atom. The molecule has 0 fully saturated rings. The minimum atomic E-state index is 0.520. The molecule has 0 aliphatic heterocycles. The number of halogens is 1. The number of aryl methyl sites for hydroxylation is 1. The Hall–Kier alpha value is -2.20. The van der Waals surface area contributed by atoms with Gasteiger partial charge in [-0.25, -0.2) is 0 Å². The number of ether oxygens (including phenoxy) is 2. The van der Waals surface area contributed by atoms with Gasteiger partial charge >= 0.3 is 0 Å². The van der Waals surface area contributed by atoms with Crippen molar-refractivity contribution < 1.29 is 9.47 Å². The van der Waals surface area contributed by atoms with Gasteiger partial charge in [-0.3, -0.25) is 5.43 Å². The summed E-state index contributed by atoms with van der Waals surface area (Å²) >= 11 is 6.33. The first-order chi connectivity index (χ1) is 11.6. The van der Waals surface area contributed by atoms with Crippen molar-refractivity contribution in [1.29, 1.82) is 0 Å². The van der Waals surface area contributed by atoms with Crippen LogP contribution in [0, 0.1) is 6.92 Å². The summed E-state index contributed by atoms with van der Waals surface area (Å²) in [5.74, 6) is 1.22. The first-order valence-electron chi connectivity index (χ1n) is 8.09. The number of hydrogen-bond acceptors (Lipinski definition) is 4. The summed E-state index contributed by atoms with van der Waals surface area (Å²) in [5.41, 5.74) is 5.97. The topological polar surface area (TPSA) is 42.8 Å². The van der Waals surface area contributed by atoms with E-state index in [0.29, 0.717) is 29.7 Å².